The van der Waals surface area contributed by atoms with Crippen LogP contribution in [0.25, 0.3) is 0 Å². The fraction of sp³-hybridized carbons (Fsp3) is 0.476. The number of benzene rings is 1. The summed E-state index contributed by atoms with van der Waals surface area (Å²) in [5.74, 6) is 1.29. The van der Waals surface area contributed by atoms with Crippen molar-refractivity contribution in [3.63, 3.8) is 0 Å². The zero-order chi connectivity index (χ0) is 20.5. The van der Waals surface area contributed by atoms with Gasteiger partial charge in [-0.3, -0.25) is 4.79 Å². The summed E-state index contributed by atoms with van der Waals surface area (Å²) in [5.41, 5.74) is 1.79. The minimum absolute atomic E-state index is 0.0508. The Balaban J connectivity index is 1.61. The molecule has 0 aliphatic carbocycles. The van der Waals surface area contributed by atoms with Gasteiger partial charge in [0.1, 0.15) is 11.5 Å². The first-order chi connectivity index (χ1) is 13.2. The largest absolute Gasteiger partial charge is 0.464 e. The maximum Gasteiger partial charge on any atom is 0.243 e. The van der Waals surface area contributed by atoms with Crippen molar-refractivity contribution in [3.05, 3.63) is 53.0 Å². The third kappa shape index (κ3) is 4.31. The topological polar surface area (TPSA) is 79.6 Å². The fourth-order valence-electron chi connectivity index (χ4n) is 3.67. The maximum atomic E-state index is 13.0. The van der Waals surface area contributed by atoms with E-state index >= 15 is 0 Å². The lowest BCUT2D eigenvalue weighted by molar-refractivity contribution is -0.126. The van der Waals surface area contributed by atoms with Gasteiger partial charge in [-0.25, -0.2) is 8.42 Å². The first-order valence-corrected chi connectivity index (χ1v) is 11.1. The van der Waals surface area contributed by atoms with E-state index < -0.39 is 10.0 Å². The Kier molecular flexibility index (Phi) is 5.95. The molecule has 0 saturated carbocycles. The van der Waals surface area contributed by atoms with E-state index in [1.54, 1.807) is 6.07 Å². The van der Waals surface area contributed by atoms with Gasteiger partial charge in [-0.15, -0.1) is 0 Å². The molecule has 1 amide bonds. The van der Waals surface area contributed by atoms with Gasteiger partial charge in [-0.1, -0.05) is 17.7 Å². The van der Waals surface area contributed by atoms with Gasteiger partial charge in [-0.05, 0) is 64.3 Å². The average molecular weight is 405 g/mol. The summed E-state index contributed by atoms with van der Waals surface area (Å²) in [6.07, 6.45) is 1.03. The van der Waals surface area contributed by atoms with E-state index in [1.807, 2.05) is 52.0 Å². The van der Waals surface area contributed by atoms with Crippen molar-refractivity contribution in [1.29, 1.82) is 0 Å². The summed E-state index contributed by atoms with van der Waals surface area (Å²) in [6, 6.07) is 8.89. The average Bonchev–Trinajstić information content (AvgIpc) is 3.08. The summed E-state index contributed by atoms with van der Waals surface area (Å²) >= 11 is 0. The summed E-state index contributed by atoms with van der Waals surface area (Å²) in [4.78, 5) is 12.9. The lowest BCUT2D eigenvalue weighted by Gasteiger charge is -2.31. The maximum absolute atomic E-state index is 13.0. The quantitative estimate of drug-likeness (QED) is 0.827. The standard InChI is InChI=1S/C21H28N2O4S/c1-14-5-8-20(15(2)13-14)28(25,26)23-11-9-18(10-12-23)21(24)22-17(4)19-7-6-16(3)27-19/h5-8,13,17-18H,9-12H2,1-4H3,(H,22,24). The van der Waals surface area contributed by atoms with Crippen LogP contribution in [0.1, 0.15) is 48.5 Å². The van der Waals surface area contributed by atoms with Gasteiger partial charge in [0, 0.05) is 19.0 Å². The Morgan fingerprint density at radius 2 is 1.82 bits per heavy atom. The van der Waals surface area contributed by atoms with E-state index in [-0.39, 0.29) is 17.9 Å². The number of nitrogens with one attached hydrogen (secondary N) is 1. The number of carbonyl (C=O) groups excluding carboxylic acids is 1. The summed E-state index contributed by atoms with van der Waals surface area (Å²) in [7, 11) is -3.54. The number of rotatable bonds is 5. The number of sulfonamides is 1. The van der Waals surface area contributed by atoms with Crippen LogP contribution in [-0.4, -0.2) is 31.7 Å². The van der Waals surface area contributed by atoms with E-state index in [4.69, 9.17) is 4.42 Å². The number of furan rings is 1. The van der Waals surface area contributed by atoms with Crippen LogP contribution in [0.4, 0.5) is 0 Å². The molecule has 1 aliphatic heterocycles. The SMILES string of the molecule is Cc1ccc(S(=O)(=O)N2CCC(C(=O)NC(C)c3ccc(C)o3)CC2)c(C)c1. The molecule has 2 heterocycles. The normalized spacial score (nSPS) is 17.4. The predicted molar refractivity (Wildman–Crippen MR) is 107 cm³/mol. The number of amides is 1. The van der Waals surface area contributed by atoms with Crippen LogP contribution in [0.2, 0.25) is 0 Å². The number of piperidine rings is 1. The van der Waals surface area contributed by atoms with Crippen molar-refractivity contribution in [2.24, 2.45) is 5.92 Å². The van der Waals surface area contributed by atoms with Crippen LogP contribution in [0.5, 0.6) is 0 Å². The highest BCUT2D eigenvalue weighted by Crippen LogP contribution is 2.27. The van der Waals surface area contributed by atoms with Gasteiger partial charge >= 0.3 is 0 Å². The van der Waals surface area contributed by atoms with Crippen LogP contribution < -0.4 is 5.32 Å². The molecule has 0 radical (unpaired) electrons. The van der Waals surface area contributed by atoms with E-state index in [9.17, 15) is 13.2 Å². The molecule has 1 atom stereocenters. The molecule has 0 spiro atoms. The molecule has 1 N–H and O–H groups in total. The number of hydrogen-bond donors (Lipinski definition) is 1. The Morgan fingerprint density at radius 3 is 2.39 bits per heavy atom. The van der Waals surface area contributed by atoms with E-state index in [0.717, 1.165) is 22.6 Å². The number of aryl methyl sites for hydroxylation is 3. The van der Waals surface area contributed by atoms with Gasteiger partial charge in [0.05, 0.1) is 10.9 Å². The van der Waals surface area contributed by atoms with E-state index in [0.29, 0.717) is 30.8 Å². The second-order valence-electron chi connectivity index (χ2n) is 7.63. The molecule has 152 valence electrons. The number of carbonyl (C=O) groups is 1. The van der Waals surface area contributed by atoms with Crippen molar-refractivity contribution >= 4 is 15.9 Å². The highest BCUT2D eigenvalue weighted by atomic mass is 32.2. The lowest BCUT2D eigenvalue weighted by Crippen LogP contribution is -2.43. The highest BCUT2D eigenvalue weighted by molar-refractivity contribution is 7.89. The molecule has 1 unspecified atom stereocenters. The molecule has 28 heavy (non-hydrogen) atoms. The zero-order valence-electron chi connectivity index (χ0n) is 16.9. The molecule has 7 heteroatoms. The molecular weight excluding hydrogens is 376 g/mol. The zero-order valence-corrected chi connectivity index (χ0v) is 17.7. The van der Waals surface area contributed by atoms with Crippen molar-refractivity contribution in [1.82, 2.24) is 9.62 Å². The molecule has 1 aromatic carbocycles. The Labute approximate surface area is 167 Å². The first-order valence-electron chi connectivity index (χ1n) is 9.62. The van der Waals surface area contributed by atoms with Crippen molar-refractivity contribution in [2.45, 2.75) is 51.5 Å². The second kappa shape index (κ2) is 8.09. The molecule has 3 rings (SSSR count). The molecule has 1 saturated heterocycles. The monoisotopic (exact) mass is 404 g/mol. The van der Waals surface area contributed by atoms with Gasteiger partial charge < -0.3 is 9.73 Å². The third-order valence-electron chi connectivity index (χ3n) is 5.32. The van der Waals surface area contributed by atoms with Gasteiger partial charge in [0.25, 0.3) is 0 Å². The molecule has 0 bridgehead atoms. The predicted octanol–water partition coefficient (Wildman–Crippen LogP) is 3.48. The van der Waals surface area contributed by atoms with Crippen molar-refractivity contribution < 1.29 is 17.6 Å². The number of hydrogen-bond acceptors (Lipinski definition) is 4. The Morgan fingerprint density at radius 1 is 1.14 bits per heavy atom. The van der Waals surface area contributed by atoms with Gasteiger partial charge in [-0.2, -0.15) is 4.31 Å². The minimum atomic E-state index is -3.54. The number of nitrogens with zero attached hydrogens (tertiary/aromatic N) is 1. The van der Waals surface area contributed by atoms with Crippen LogP contribution in [0, 0.1) is 26.7 Å². The second-order valence-corrected chi connectivity index (χ2v) is 9.53. The van der Waals surface area contributed by atoms with E-state index in [2.05, 4.69) is 5.32 Å². The lowest BCUT2D eigenvalue weighted by atomic mass is 9.97. The van der Waals surface area contributed by atoms with Gasteiger partial charge in [0.2, 0.25) is 15.9 Å². The highest BCUT2D eigenvalue weighted by Gasteiger charge is 2.33. The molecule has 1 fully saturated rings. The van der Waals surface area contributed by atoms with Crippen LogP contribution in [0.3, 0.4) is 0 Å². The van der Waals surface area contributed by atoms with Crippen molar-refractivity contribution in [3.8, 4) is 0 Å². The summed E-state index contributed by atoms with van der Waals surface area (Å²) < 4.78 is 33.0. The van der Waals surface area contributed by atoms with Crippen molar-refractivity contribution in [2.75, 3.05) is 13.1 Å². The molecule has 1 aliphatic rings. The minimum Gasteiger partial charge on any atom is -0.464 e. The molecule has 1 aromatic heterocycles. The molecule has 6 nitrogen and oxygen atoms in total. The Bertz CT molecular complexity index is 957. The molecule has 2 aromatic rings. The van der Waals surface area contributed by atoms with E-state index in [1.165, 1.54) is 4.31 Å². The smallest absolute Gasteiger partial charge is 0.243 e. The van der Waals surface area contributed by atoms with Crippen LogP contribution in [-0.2, 0) is 14.8 Å². The summed E-state index contributed by atoms with van der Waals surface area (Å²) in [6.45, 7) is 8.21. The Hall–Kier alpha value is -2.12. The fourth-order valence-corrected chi connectivity index (χ4v) is 5.35. The van der Waals surface area contributed by atoms with Crippen LogP contribution in [0.15, 0.2) is 39.6 Å². The third-order valence-corrected chi connectivity index (χ3v) is 7.38. The first kappa shape index (κ1) is 20.6. The van der Waals surface area contributed by atoms with Crippen LogP contribution >= 0.6 is 0 Å². The van der Waals surface area contributed by atoms with Gasteiger partial charge in [0.15, 0.2) is 0 Å². The summed E-state index contributed by atoms with van der Waals surface area (Å²) in [5, 5.41) is 2.98. The molecular formula is C21H28N2O4S.